The summed E-state index contributed by atoms with van der Waals surface area (Å²) in [6, 6.07) is 23.5. The van der Waals surface area contributed by atoms with Crippen molar-refractivity contribution in [3.8, 4) is 0 Å². The van der Waals surface area contributed by atoms with Crippen LogP contribution >= 0.6 is 11.8 Å². The Hall–Kier alpha value is -3.64. The quantitative estimate of drug-likeness (QED) is 0.0920. The second-order valence-electron chi connectivity index (χ2n) is 10.3. The largest absolute Gasteiger partial charge is 0.453 e. The summed E-state index contributed by atoms with van der Waals surface area (Å²) < 4.78 is 5.79. The first-order valence-corrected chi connectivity index (χ1v) is 14.4. The third-order valence-corrected chi connectivity index (χ3v) is 8.25. The molecule has 0 radical (unpaired) electrons. The number of carbonyl (C=O) groups excluding carboxylic acids is 2. The molecule has 0 atom stereocenters. The summed E-state index contributed by atoms with van der Waals surface area (Å²) in [4.78, 5) is 31.5. The molecular formula is C33H33NO4S. The minimum atomic E-state index is -0.408. The first-order chi connectivity index (χ1) is 18.9. The van der Waals surface area contributed by atoms with Gasteiger partial charge in [0.1, 0.15) is 5.58 Å². The number of nitrogens with zero attached hydrogens (tertiary/aromatic N) is 1. The molecule has 0 amide bonds. The number of carbonyl (C=O) groups is 2. The third kappa shape index (κ3) is 7.07. The van der Waals surface area contributed by atoms with Gasteiger partial charge in [-0.25, -0.2) is 4.79 Å². The normalized spacial score (nSPS) is 14.5. The molecule has 0 N–H and O–H groups in total. The highest BCUT2D eigenvalue weighted by molar-refractivity contribution is 7.99. The van der Waals surface area contributed by atoms with E-state index in [0.717, 1.165) is 56.4 Å². The number of benzene rings is 3. The molecule has 39 heavy (non-hydrogen) atoms. The minimum Gasteiger partial charge on any atom is -0.453 e. The smallest absolute Gasteiger partial charge is 0.331 e. The maximum Gasteiger partial charge on any atom is 0.331 e. The van der Waals surface area contributed by atoms with E-state index in [-0.39, 0.29) is 5.78 Å². The number of hydrogen-bond donors (Lipinski definition) is 0. The van der Waals surface area contributed by atoms with Gasteiger partial charge in [-0.3, -0.25) is 4.79 Å². The molecule has 4 aromatic rings. The van der Waals surface area contributed by atoms with Crippen molar-refractivity contribution in [3.05, 3.63) is 95.2 Å². The van der Waals surface area contributed by atoms with Crippen LogP contribution in [0.15, 0.2) is 92.2 Å². The molecule has 1 fully saturated rings. The van der Waals surface area contributed by atoms with E-state index in [9.17, 15) is 9.59 Å². The van der Waals surface area contributed by atoms with Gasteiger partial charge in [0.2, 0.25) is 5.78 Å². The van der Waals surface area contributed by atoms with Crippen molar-refractivity contribution in [1.29, 1.82) is 0 Å². The minimum absolute atomic E-state index is 0.127. The van der Waals surface area contributed by atoms with E-state index in [2.05, 4.69) is 17.3 Å². The van der Waals surface area contributed by atoms with E-state index in [1.54, 1.807) is 11.8 Å². The lowest BCUT2D eigenvalue weighted by atomic mass is 9.85. The summed E-state index contributed by atoms with van der Waals surface area (Å²) in [5, 5.41) is 5.12. The van der Waals surface area contributed by atoms with Gasteiger partial charge in [-0.05, 0) is 85.8 Å². The molecule has 3 aromatic carbocycles. The molecule has 1 aliphatic carbocycles. The van der Waals surface area contributed by atoms with Crippen LogP contribution in [-0.2, 0) is 9.63 Å². The molecule has 1 aromatic heterocycles. The molecule has 1 saturated carbocycles. The fourth-order valence-electron chi connectivity index (χ4n) is 5.12. The van der Waals surface area contributed by atoms with Gasteiger partial charge < -0.3 is 9.25 Å². The SMILES string of the molecule is CC(=O)ON=C(CCC1CCCCC1)c1ccc(Sc2ccc(C(=O)c3cc4cc(C)ccc4o3)cc2)cc1. The van der Waals surface area contributed by atoms with Gasteiger partial charge >= 0.3 is 5.97 Å². The number of hydrogen-bond acceptors (Lipinski definition) is 6. The van der Waals surface area contributed by atoms with Gasteiger partial charge in [0.05, 0.1) is 5.71 Å². The molecule has 1 aliphatic rings. The van der Waals surface area contributed by atoms with Crippen molar-refractivity contribution in [2.24, 2.45) is 11.1 Å². The average molecular weight is 540 g/mol. The van der Waals surface area contributed by atoms with Crippen LogP contribution in [0.25, 0.3) is 11.0 Å². The van der Waals surface area contributed by atoms with Gasteiger partial charge in [0.15, 0.2) is 5.76 Å². The third-order valence-electron chi connectivity index (χ3n) is 7.23. The monoisotopic (exact) mass is 539 g/mol. The highest BCUT2D eigenvalue weighted by Gasteiger charge is 2.17. The van der Waals surface area contributed by atoms with Crippen LogP contribution < -0.4 is 0 Å². The Labute approximate surface area is 233 Å². The molecule has 6 heteroatoms. The van der Waals surface area contributed by atoms with Crippen molar-refractivity contribution in [2.45, 2.75) is 68.6 Å². The molecule has 0 spiro atoms. The molecule has 200 valence electrons. The number of fused-ring (bicyclic) bond motifs is 1. The second-order valence-corrected chi connectivity index (χ2v) is 11.4. The molecule has 0 unspecified atom stereocenters. The molecule has 0 aliphatic heterocycles. The highest BCUT2D eigenvalue weighted by atomic mass is 32.2. The molecule has 0 saturated heterocycles. The van der Waals surface area contributed by atoms with Gasteiger partial charge in [-0.1, -0.05) is 72.8 Å². The fraction of sp³-hybridized carbons (Fsp3) is 0.303. The van der Waals surface area contributed by atoms with E-state index in [1.807, 2.05) is 67.6 Å². The molecular weight excluding hydrogens is 506 g/mol. The number of furan rings is 1. The van der Waals surface area contributed by atoms with Crippen LogP contribution in [0.4, 0.5) is 0 Å². The van der Waals surface area contributed by atoms with Crippen molar-refractivity contribution in [1.82, 2.24) is 0 Å². The number of aryl methyl sites for hydroxylation is 1. The predicted molar refractivity (Wildman–Crippen MR) is 156 cm³/mol. The van der Waals surface area contributed by atoms with Gasteiger partial charge in [0.25, 0.3) is 0 Å². The van der Waals surface area contributed by atoms with Crippen molar-refractivity contribution < 1.29 is 18.8 Å². The zero-order valence-electron chi connectivity index (χ0n) is 22.4. The Morgan fingerprint density at radius 2 is 1.56 bits per heavy atom. The van der Waals surface area contributed by atoms with Crippen LogP contribution in [0.2, 0.25) is 0 Å². The van der Waals surface area contributed by atoms with E-state index in [4.69, 9.17) is 9.25 Å². The molecule has 1 heterocycles. The lowest BCUT2D eigenvalue weighted by Gasteiger charge is -2.21. The van der Waals surface area contributed by atoms with Crippen LogP contribution in [0.3, 0.4) is 0 Å². The van der Waals surface area contributed by atoms with Crippen LogP contribution in [0, 0.1) is 12.8 Å². The number of oxime groups is 1. The molecule has 5 nitrogen and oxygen atoms in total. The van der Waals surface area contributed by atoms with Gasteiger partial charge in [0, 0.05) is 27.7 Å². The predicted octanol–water partition coefficient (Wildman–Crippen LogP) is 8.75. The fourth-order valence-corrected chi connectivity index (χ4v) is 5.94. The average Bonchev–Trinajstić information content (AvgIpc) is 3.37. The first kappa shape index (κ1) is 26.9. The van der Waals surface area contributed by atoms with E-state index in [0.29, 0.717) is 11.3 Å². The lowest BCUT2D eigenvalue weighted by Crippen LogP contribution is -2.10. The maximum absolute atomic E-state index is 13.0. The van der Waals surface area contributed by atoms with Crippen LogP contribution in [0.1, 0.15) is 79.1 Å². The van der Waals surface area contributed by atoms with Crippen molar-refractivity contribution in [3.63, 3.8) is 0 Å². The van der Waals surface area contributed by atoms with Gasteiger partial charge in [-0.15, -0.1) is 0 Å². The summed E-state index contributed by atoms with van der Waals surface area (Å²) in [7, 11) is 0. The molecule has 5 rings (SSSR count). The van der Waals surface area contributed by atoms with E-state index < -0.39 is 5.97 Å². The maximum atomic E-state index is 13.0. The molecule has 0 bridgehead atoms. The Morgan fingerprint density at radius 3 is 2.23 bits per heavy atom. The Morgan fingerprint density at radius 1 is 0.897 bits per heavy atom. The zero-order valence-corrected chi connectivity index (χ0v) is 23.3. The van der Waals surface area contributed by atoms with Gasteiger partial charge in [-0.2, -0.15) is 0 Å². The van der Waals surface area contributed by atoms with Crippen molar-refractivity contribution in [2.75, 3.05) is 0 Å². The topological polar surface area (TPSA) is 68.9 Å². The van der Waals surface area contributed by atoms with Crippen LogP contribution in [0.5, 0.6) is 0 Å². The number of ketones is 1. The summed E-state index contributed by atoms with van der Waals surface area (Å²) in [5.41, 5.74) is 4.22. The Balaban J connectivity index is 1.23. The Bertz CT molecular complexity index is 1480. The van der Waals surface area contributed by atoms with Crippen molar-refractivity contribution >= 4 is 40.2 Å². The summed E-state index contributed by atoms with van der Waals surface area (Å²) in [5.74, 6) is 0.538. The standard InChI is InChI=1S/C33H33NO4S/c1-22-8-19-31-27(20-22)21-32(37-31)33(36)26-12-16-29(17-13-26)39-28-14-10-25(11-15-28)30(34-38-23(2)35)18-9-24-6-4-3-5-7-24/h8,10-17,19-21,24H,3-7,9,18H2,1-2H3. The first-order valence-electron chi connectivity index (χ1n) is 13.6. The van der Waals surface area contributed by atoms with Crippen LogP contribution in [-0.4, -0.2) is 17.5 Å². The summed E-state index contributed by atoms with van der Waals surface area (Å²) in [6.45, 7) is 3.39. The van der Waals surface area contributed by atoms with E-state index in [1.165, 1.54) is 39.0 Å². The second kappa shape index (κ2) is 12.5. The van der Waals surface area contributed by atoms with E-state index >= 15 is 0 Å². The summed E-state index contributed by atoms with van der Waals surface area (Å²) >= 11 is 1.62. The lowest BCUT2D eigenvalue weighted by molar-refractivity contribution is -0.140. The highest BCUT2D eigenvalue weighted by Crippen LogP contribution is 2.31. The number of rotatable bonds is 9. The summed E-state index contributed by atoms with van der Waals surface area (Å²) in [6.07, 6.45) is 8.37. The Kier molecular flexibility index (Phi) is 8.62. The zero-order chi connectivity index (χ0) is 27.2.